The Labute approximate surface area is 153 Å². The van der Waals surface area contributed by atoms with Crippen molar-refractivity contribution in [3.63, 3.8) is 0 Å². The van der Waals surface area contributed by atoms with E-state index in [-0.39, 0.29) is 6.61 Å². The molecule has 1 heterocycles. The van der Waals surface area contributed by atoms with E-state index < -0.39 is 6.03 Å². The third-order valence-electron chi connectivity index (χ3n) is 4.52. The number of benzene rings is 1. The van der Waals surface area contributed by atoms with Crippen molar-refractivity contribution in [2.75, 3.05) is 12.1 Å². The molecule has 2 aromatic rings. The van der Waals surface area contributed by atoms with Crippen molar-refractivity contribution in [3.05, 3.63) is 52.7 Å². The first-order chi connectivity index (χ1) is 12.4. The normalized spacial score (nSPS) is 13.4. The Bertz CT molecular complexity index is 818. The maximum atomic E-state index is 12.2. The molecule has 1 aliphatic carbocycles. The second-order valence-electron chi connectivity index (χ2n) is 6.75. The van der Waals surface area contributed by atoms with Crippen LogP contribution >= 0.6 is 0 Å². The molecule has 1 fully saturated rings. The van der Waals surface area contributed by atoms with Crippen LogP contribution in [-0.4, -0.2) is 23.1 Å². The average molecular weight is 355 g/mol. The van der Waals surface area contributed by atoms with E-state index in [1.54, 1.807) is 0 Å². The highest BCUT2D eigenvalue weighted by molar-refractivity contribution is 5.91. The summed E-state index contributed by atoms with van der Waals surface area (Å²) in [6.07, 6.45) is 2.26. The van der Waals surface area contributed by atoms with Crippen LogP contribution in [0.2, 0.25) is 0 Å². The van der Waals surface area contributed by atoms with Crippen LogP contribution in [0.5, 0.6) is 5.88 Å². The van der Waals surface area contributed by atoms with E-state index in [4.69, 9.17) is 16.4 Å². The number of urea groups is 1. The van der Waals surface area contributed by atoms with Crippen LogP contribution in [0, 0.1) is 13.8 Å². The molecule has 7 heteroatoms. The topological polar surface area (TPSA) is 97.7 Å². The van der Waals surface area contributed by atoms with Gasteiger partial charge in [0.15, 0.2) is 0 Å². The molecule has 0 bridgehead atoms. The van der Waals surface area contributed by atoms with E-state index in [1.165, 1.54) is 7.05 Å². The molecule has 1 aliphatic rings. The summed E-state index contributed by atoms with van der Waals surface area (Å²) in [5.74, 6) is 12.7. The van der Waals surface area contributed by atoms with E-state index in [1.807, 2.05) is 38.1 Å². The maximum Gasteiger partial charge on any atom is 0.352 e. The number of hydrazine groups is 2. The van der Waals surface area contributed by atoms with Gasteiger partial charge in [0, 0.05) is 23.9 Å². The molecule has 26 heavy (non-hydrogen) atoms. The third kappa shape index (κ3) is 3.79. The van der Waals surface area contributed by atoms with Crippen LogP contribution in [0.4, 0.5) is 10.5 Å². The number of anilines is 1. The quantitative estimate of drug-likeness (QED) is 0.488. The molecule has 1 aromatic carbocycles. The van der Waals surface area contributed by atoms with Crippen LogP contribution in [0.3, 0.4) is 0 Å². The molecule has 7 nitrogen and oxygen atoms in total. The summed E-state index contributed by atoms with van der Waals surface area (Å²) < 4.78 is 6.00. The Morgan fingerprint density at radius 2 is 1.96 bits per heavy atom. The molecule has 2 amide bonds. The molecule has 3 rings (SSSR count). The molecular formula is C19H25N5O2. The molecule has 1 saturated carbocycles. The summed E-state index contributed by atoms with van der Waals surface area (Å²) in [7, 11) is 1.46. The van der Waals surface area contributed by atoms with E-state index in [2.05, 4.69) is 11.1 Å². The number of nitrogens with zero attached hydrogens (tertiary/aromatic N) is 3. The number of carbonyl (C=O) groups is 1. The largest absolute Gasteiger partial charge is 0.473 e. The molecule has 0 spiro atoms. The molecule has 4 N–H and O–H groups in total. The Morgan fingerprint density at radius 1 is 1.23 bits per heavy atom. The summed E-state index contributed by atoms with van der Waals surface area (Å²) in [6.45, 7) is 4.17. The van der Waals surface area contributed by atoms with Crippen LogP contribution in [0.1, 0.15) is 41.1 Å². The van der Waals surface area contributed by atoms with E-state index >= 15 is 0 Å². The monoisotopic (exact) mass is 355 g/mol. The number of hydrogen-bond acceptors (Lipinski definition) is 5. The van der Waals surface area contributed by atoms with Crippen molar-refractivity contribution in [2.45, 2.75) is 39.2 Å². The zero-order valence-corrected chi connectivity index (χ0v) is 15.4. The van der Waals surface area contributed by atoms with Crippen LogP contribution in [-0.2, 0) is 6.61 Å². The molecule has 0 atom stereocenters. The number of nitrogens with two attached hydrogens (primary N) is 2. The molecule has 0 saturated heterocycles. The summed E-state index contributed by atoms with van der Waals surface area (Å²) >= 11 is 0. The molecule has 1 aromatic heterocycles. The van der Waals surface area contributed by atoms with Gasteiger partial charge in [0.1, 0.15) is 6.61 Å². The summed E-state index contributed by atoms with van der Waals surface area (Å²) in [4.78, 5) is 16.7. The summed E-state index contributed by atoms with van der Waals surface area (Å²) in [6, 6.07) is 9.22. The zero-order chi connectivity index (χ0) is 18.8. The lowest BCUT2D eigenvalue weighted by Crippen LogP contribution is -2.49. The number of ether oxygens (including phenoxy) is 1. The van der Waals surface area contributed by atoms with E-state index in [9.17, 15) is 4.79 Å². The van der Waals surface area contributed by atoms with Gasteiger partial charge in [-0.25, -0.2) is 26.5 Å². The first-order valence-electron chi connectivity index (χ1n) is 8.64. The minimum Gasteiger partial charge on any atom is -0.473 e. The Morgan fingerprint density at radius 3 is 2.62 bits per heavy atom. The van der Waals surface area contributed by atoms with Gasteiger partial charge < -0.3 is 4.74 Å². The van der Waals surface area contributed by atoms with Gasteiger partial charge in [-0.2, -0.15) is 0 Å². The number of carbonyl (C=O) groups excluding carboxylic acids is 1. The van der Waals surface area contributed by atoms with Crippen molar-refractivity contribution in [3.8, 4) is 5.88 Å². The summed E-state index contributed by atoms with van der Waals surface area (Å²) in [5, 5.41) is 2.03. The van der Waals surface area contributed by atoms with E-state index in [0.717, 1.165) is 45.2 Å². The van der Waals surface area contributed by atoms with Crippen LogP contribution in [0.15, 0.2) is 30.3 Å². The second-order valence-corrected chi connectivity index (χ2v) is 6.75. The molecule has 0 unspecified atom stereocenters. The SMILES string of the molecule is Cc1ccc(C)c(OCc2c(C3CC3)cccc2N(N)C(=O)N(C)N)n1. The second kappa shape index (κ2) is 7.31. The van der Waals surface area contributed by atoms with Crippen molar-refractivity contribution in [1.82, 2.24) is 9.99 Å². The highest BCUT2D eigenvalue weighted by Crippen LogP contribution is 2.43. The minimum atomic E-state index is -0.496. The predicted octanol–water partition coefficient (Wildman–Crippen LogP) is 2.76. The lowest BCUT2D eigenvalue weighted by Gasteiger charge is -2.24. The van der Waals surface area contributed by atoms with Crippen molar-refractivity contribution >= 4 is 11.7 Å². The van der Waals surface area contributed by atoms with Crippen molar-refractivity contribution in [2.24, 2.45) is 11.7 Å². The lowest BCUT2D eigenvalue weighted by atomic mass is 10.0. The van der Waals surface area contributed by atoms with Gasteiger partial charge in [-0.3, -0.25) is 5.01 Å². The molecule has 0 aliphatic heterocycles. The number of aryl methyl sites for hydroxylation is 2. The van der Waals surface area contributed by atoms with Gasteiger partial charge in [0.05, 0.1) is 5.69 Å². The lowest BCUT2D eigenvalue weighted by molar-refractivity contribution is 0.216. The average Bonchev–Trinajstić information content (AvgIpc) is 3.46. The van der Waals surface area contributed by atoms with Gasteiger partial charge in [0.25, 0.3) is 0 Å². The number of aromatic nitrogens is 1. The first-order valence-corrected chi connectivity index (χ1v) is 8.64. The summed E-state index contributed by atoms with van der Waals surface area (Å²) in [5.41, 5.74) is 4.51. The zero-order valence-electron chi connectivity index (χ0n) is 15.4. The number of amides is 2. The fourth-order valence-corrected chi connectivity index (χ4v) is 2.91. The standard InChI is InChI=1S/C19H25N5O2/c1-12-7-8-13(2)22-18(12)26-11-16-15(14-9-10-14)5-4-6-17(16)24(21)19(25)23(3)20/h4-8,14H,9-11,20-21H2,1-3H3. The Kier molecular flexibility index (Phi) is 5.11. The fourth-order valence-electron chi connectivity index (χ4n) is 2.91. The van der Waals surface area contributed by atoms with Crippen molar-refractivity contribution < 1.29 is 9.53 Å². The Hall–Kier alpha value is -2.64. The molecular weight excluding hydrogens is 330 g/mol. The van der Waals surface area contributed by atoms with Crippen LogP contribution < -0.4 is 21.4 Å². The van der Waals surface area contributed by atoms with Gasteiger partial charge in [-0.05, 0) is 50.3 Å². The van der Waals surface area contributed by atoms with E-state index in [0.29, 0.717) is 17.5 Å². The van der Waals surface area contributed by atoms with Gasteiger partial charge in [-0.1, -0.05) is 18.2 Å². The highest BCUT2D eigenvalue weighted by Gasteiger charge is 2.29. The fraction of sp³-hybridized carbons (Fsp3) is 0.368. The third-order valence-corrected chi connectivity index (χ3v) is 4.52. The van der Waals surface area contributed by atoms with Crippen molar-refractivity contribution in [1.29, 1.82) is 0 Å². The maximum absolute atomic E-state index is 12.2. The number of hydrogen-bond donors (Lipinski definition) is 2. The number of rotatable bonds is 5. The smallest absolute Gasteiger partial charge is 0.352 e. The number of pyridine rings is 1. The first kappa shape index (κ1) is 18.2. The van der Waals surface area contributed by atoms with Gasteiger partial charge in [-0.15, -0.1) is 0 Å². The molecule has 138 valence electrons. The van der Waals surface area contributed by atoms with Gasteiger partial charge in [0.2, 0.25) is 5.88 Å². The van der Waals surface area contributed by atoms with Gasteiger partial charge >= 0.3 is 6.03 Å². The highest BCUT2D eigenvalue weighted by atomic mass is 16.5. The Balaban J connectivity index is 1.93. The minimum absolute atomic E-state index is 0.286. The molecule has 0 radical (unpaired) electrons. The predicted molar refractivity (Wildman–Crippen MR) is 100 cm³/mol. The van der Waals surface area contributed by atoms with Crippen LogP contribution in [0.25, 0.3) is 0 Å².